The summed E-state index contributed by atoms with van der Waals surface area (Å²) in [5.41, 5.74) is 0.256. The molecule has 2 heterocycles. The molecule has 2 unspecified atom stereocenters. The molecule has 78 valence electrons. The third kappa shape index (κ3) is 1.37. The van der Waals surface area contributed by atoms with Gasteiger partial charge in [-0.1, -0.05) is 5.18 Å². The molecule has 1 saturated carbocycles. The van der Waals surface area contributed by atoms with Crippen LogP contribution in [0.5, 0.6) is 0 Å². The average Bonchev–Trinajstić information content (AvgIpc) is 2.63. The van der Waals surface area contributed by atoms with Gasteiger partial charge in [0.05, 0.1) is 19.3 Å². The number of hydrogen-bond acceptors (Lipinski definition) is 4. The summed E-state index contributed by atoms with van der Waals surface area (Å²) in [4.78, 5) is 12.8. The van der Waals surface area contributed by atoms with E-state index in [-0.39, 0.29) is 5.41 Å². The maximum absolute atomic E-state index is 10.3. The highest BCUT2D eigenvalue weighted by atomic mass is 16.5. The number of likely N-dealkylation sites (tertiary alicyclic amines) is 1. The smallest absolute Gasteiger partial charge is 0.0879 e. The van der Waals surface area contributed by atoms with Crippen molar-refractivity contribution in [1.29, 1.82) is 0 Å². The molecule has 3 aliphatic rings. The lowest BCUT2D eigenvalue weighted by Gasteiger charge is -2.29. The molecule has 0 spiro atoms. The van der Waals surface area contributed by atoms with Gasteiger partial charge in [-0.15, -0.1) is 0 Å². The third-order valence-electron chi connectivity index (χ3n) is 3.91. The second-order valence-corrected chi connectivity index (χ2v) is 5.06. The van der Waals surface area contributed by atoms with Crippen LogP contribution >= 0.6 is 0 Å². The minimum Gasteiger partial charge on any atom is -0.375 e. The van der Waals surface area contributed by atoms with Gasteiger partial charge >= 0.3 is 0 Å². The van der Waals surface area contributed by atoms with Gasteiger partial charge in [0.2, 0.25) is 0 Å². The lowest BCUT2D eigenvalue weighted by molar-refractivity contribution is 0.0228. The van der Waals surface area contributed by atoms with Gasteiger partial charge in [0.15, 0.2) is 0 Å². The zero-order chi connectivity index (χ0) is 9.60. The molecule has 4 nitrogen and oxygen atoms in total. The van der Waals surface area contributed by atoms with Gasteiger partial charge in [0, 0.05) is 24.5 Å². The van der Waals surface area contributed by atoms with Crippen molar-refractivity contribution in [2.45, 2.75) is 31.4 Å². The predicted octanol–water partition coefficient (Wildman–Crippen LogP) is 1.01. The van der Waals surface area contributed by atoms with Crippen molar-refractivity contribution in [1.82, 2.24) is 4.90 Å². The highest BCUT2D eigenvalue weighted by molar-refractivity contribution is 5.01. The fourth-order valence-electron chi connectivity index (χ4n) is 2.78. The van der Waals surface area contributed by atoms with E-state index < -0.39 is 0 Å². The van der Waals surface area contributed by atoms with Gasteiger partial charge < -0.3 is 4.74 Å². The van der Waals surface area contributed by atoms with Crippen LogP contribution in [0.4, 0.5) is 0 Å². The Hall–Kier alpha value is -0.480. The molecule has 3 fully saturated rings. The molecule has 0 N–H and O–H groups in total. The van der Waals surface area contributed by atoms with Crippen LogP contribution in [-0.2, 0) is 4.74 Å². The van der Waals surface area contributed by atoms with E-state index in [0.29, 0.717) is 18.7 Å². The molecule has 0 aromatic carbocycles. The third-order valence-corrected chi connectivity index (χ3v) is 3.91. The van der Waals surface area contributed by atoms with E-state index in [1.54, 1.807) is 0 Å². The molecule has 14 heavy (non-hydrogen) atoms. The van der Waals surface area contributed by atoms with E-state index in [0.717, 1.165) is 19.7 Å². The Labute approximate surface area is 83.6 Å². The maximum Gasteiger partial charge on any atom is 0.0879 e. The number of nitrogens with zero attached hydrogens (tertiary/aromatic N) is 2. The highest BCUT2D eigenvalue weighted by Gasteiger charge is 2.48. The fraction of sp³-hybridized carbons (Fsp3) is 1.00. The summed E-state index contributed by atoms with van der Waals surface area (Å²) >= 11 is 0. The number of ether oxygens (including phenoxy) is 1. The standard InChI is InChI=1S/C10H16N2O2/c13-11-6-10(1-2-10)7-12-4-9-3-8(12)5-14-9/h8-9H,1-7H2. The molecule has 0 aromatic heterocycles. The van der Waals surface area contributed by atoms with Gasteiger partial charge in [-0.3, -0.25) is 4.90 Å². The Morgan fingerprint density at radius 1 is 1.50 bits per heavy atom. The molecule has 4 heteroatoms. The molecule has 0 amide bonds. The number of fused-ring (bicyclic) bond motifs is 2. The van der Waals surface area contributed by atoms with Crippen molar-refractivity contribution in [2.24, 2.45) is 10.6 Å². The van der Waals surface area contributed by atoms with Gasteiger partial charge in [-0.25, -0.2) is 0 Å². The van der Waals surface area contributed by atoms with E-state index in [1.807, 2.05) is 0 Å². The molecule has 2 aliphatic heterocycles. The zero-order valence-corrected chi connectivity index (χ0v) is 8.32. The van der Waals surface area contributed by atoms with Crippen molar-refractivity contribution in [3.63, 3.8) is 0 Å². The van der Waals surface area contributed by atoms with E-state index in [1.165, 1.54) is 19.3 Å². The van der Waals surface area contributed by atoms with E-state index in [9.17, 15) is 4.91 Å². The molecule has 2 bridgehead atoms. The van der Waals surface area contributed by atoms with Gasteiger partial charge in [-0.2, -0.15) is 4.91 Å². The van der Waals surface area contributed by atoms with E-state index in [4.69, 9.17) is 4.74 Å². The first-order valence-corrected chi connectivity index (χ1v) is 5.46. The van der Waals surface area contributed by atoms with Crippen LogP contribution in [0, 0.1) is 10.3 Å². The molecule has 3 rings (SSSR count). The van der Waals surface area contributed by atoms with Crippen LogP contribution in [0.1, 0.15) is 19.3 Å². The van der Waals surface area contributed by atoms with Crippen LogP contribution in [0.25, 0.3) is 0 Å². The van der Waals surface area contributed by atoms with Crippen molar-refractivity contribution in [2.75, 3.05) is 26.2 Å². The largest absolute Gasteiger partial charge is 0.375 e. The summed E-state index contributed by atoms with van der Waals surface area (Å²) < 4.78 is 5.55. The second kappa shape index (κ2) is 3.00. The van der Waals surface area contributed by atoms with Crippen molar-refractivity contribution in [3.8, 4) is 0 Å². The Balaban J connectivity index is 1.60. The lowest BCUT2D eigenvalue weighted by atomic mass is 10.1. The first-order valence-electron chi connectivity index (χ1n) is 5.46. The SMILES string of the molecule is O=NCC1(CN2CC3CC2CO3)CC1. The number of morpholine rings is 1. The summed E-state index contributed by atoms with van der Waals surface area (Å²) in [6.45, 7) is 3.56. The van der Waals surface area contributed by atoms with E-state index >= 15 is 0 Å². The summed E-state index contributed by atoms with van der Waals surface area (Å²) in [6.07, 6.45) is 4.05. The van der Waals surface area contributed by atoms with Gasteiger partial charge in [0.1, 0.15) is 0 Å². The first kappa shape index (κ1) is 8.80. The molecule has 0 radical (unpaired) electrons. The van der Waals surface area contributed by atoms with Crippen LogP contribution in [0.15, 0.2) is 5.18 Å². The number of nitroso groups, excluding NO2 is 1. The molecular weight excluding hydrogens is 180 g/mol. The summed E-state index contributed by atoms with van der Waals surface area (Å²) in [7, 11) is 0. The quantitative estimate of drug-likeness (QED) is 0.630. The minimum absolute atomic E-state index is 0.256. The maximum atomic E-state index is 10.3. The highest BCUT2D eigenvalue weighted by Crippen LogP contribution is 2.48. The number of rotatable bonds is 4. The van der Waals surface area contributed by atoms with E-state index in [2.05, 4.69) is 10.1 Å². The molecule has 1 aliphatic carbocycles. The van der Waals surface area contributed by atoms with Gasteiger partial charge in [-0.05, 0) is 19.3 Å². The first-order chi connectivity index (χ1) is 6.81. The molecular formula is C10H16N2O2. The van der Waals surface area contributed by atoms with Gasteiger partial charge in [0.25, 0.3) is 0 Å². The Bertz CT molecular complexity index is 253. The topological polar surface area (TPSA) is 41.9 Å². The number of hydrogen-bond donors (Lipinski definition) is 0. The van der Waals surface area contributed by atoms with Crippen molar-refractivity contribution in [3.05, 3.63) is 4.91 Å². The normalized spacial score (nSPS) is 38.9. The van der Waals surface area contributed by atoms with Crippen molar-refractivity contribution < 1.29 is 4.74 Å². The molecule has 2 atom stereocenters. The van der Waals surface area contributed by atoms with Crippen molar-refractivity contribution >= 4 is 0 Å². The molecule has 2 saturated heterocycles. The minimum atomic E-state index is 0.256. The second-order valence-electron chi connectivity index (χ2n) is 5.06. The van der Waals surface area contributed by atoms with Crippen LogP contribution in [0.3, 0.4) is 0 Å². The Kier molecular flexibility index (Phi) is 1.89. The van der Waals surface area contributed by atoms with Crippen LogP contribution < -0.4 is 0 Å². The zero-order valence-electron chi connectivity index (χ0n) is 8.32. The molecule has 0 aromatic rings. The Morgan fingerprint density at radius 2 is 2.36 bits per heavy atom. The summed E-state index contributed by atoms with van der Waals surface area (Å²) in [5.74, 6) is 0. The average molecular weight is 196 g/mol. The van der Waals surface area contributed by atoms with Crippen LogP contribution in [-0.4, -0.2) is 43.3 Å². The lowest BCUT2D eigenvalue weighted by Crippen LogP contribution is -2.41. The fourth-order valence-corrected chi connectivity index (χ4v) is 2.78. The monoisotopic (exact) mass is 196 g/mol. The Morgan fingerprint density at radius 3 is 2.86 bits per heavy atom. The predicted molar refractivity (Wildman–Crippen MR) is 52.0 cm³/mol. The summed E-state index contributed by atoms with van der Waals surface area (Å²) in [5, 5.41) is 3.07. The van der Waals surface area contributed by atoms with Crippen LogP contribution in [0.2, 0.25) is 0 Å². The summed E-state index contributed by atoms with van der Waals surface area (Å²) in [6, 6.07) is 0.629.